The number of hydrogen-bond acceptors (Lipinski definition) is 5. The summed E-state index contributed by atoms with van der Waals surface area (Å²) in [6.07, 6.45) is 3.21. The fraction of sp³-hybridized carbons (Fsp3) is 0.273. The highest BCUT2D eigenvalue weighted by molar-refractivity contribution is 5.90. The molecule has 0 fully saturated rings. The van der Waals surface area contributed by atoms with Crippen LogP contribution in [0.5, 0.6) is 0 Å². The lowest BCUT2D eigenvalue weighted by atomic mass is 10.3. The topological polar surface area (TPSA) is 64.4 Å². The molecular formula is C11H12N2O3. The van der Waals surface area contributed by atoms with Crippen molar-refractivity contribution in [2.24, 2.45) is 0 Å². The molecule has 1 N–H and O–H groups in total. The number of aromatic nitrogens is 1. The number of nitrogens with zero attached hydrogens (tertiary/aromatic N) is 1. The van der Waals surface area contributed by atoms with Gasteiger partial charge in [-0.2, -0.15) is 0 Å². The molecule has 0 aromatic carbocycles. The number of carbonyl (C=O) groups is 1. The number of anilines is 1. The standard InChI is InChI=1S/C11H12N2O3/c1-7(11(14)15-2)13-10-8-4-6-16-9(8)3-5-12-10/h3-7H,1-2H3,(H,12,13). The van der Waals surface area contributed by atoms with Crippen LogP contribution in [0.25, 0.3) is 11.0 Å². The van der Waals surface area contributed by atoms with E-state index in [-0.39, 0.29) is 5.97 Å². The van der Waals surface area contributed by atoms with Crippen molar-refractivity contribution in [3.63, 3.8) is 0 Å². The van der Waals surface area contributed by atoms with Gasteiger partial charge in [0.1, 0.15) is 17.4 Å². The van der Waals surface area contributed by atoms with E-state index in [0.29, 0.717) is 5.82 Å². The first kappa shape index (κ1) is 10.5. The van der Waals surface area contributed by atoms with Gasteiger partial charge in [0.2, 0.25) is 0 Å². The zero-order valence-electron chi connectivity index (χ0n) is 9.06. The van der Waals surface area contributed by atoms with Gasteiger partial charge in [-0.1, -0.05) is 0 Å². The van der Waals surface area contributed by atoms with Gasteiger partial charge in [-0.3, -0.25) is 0 Å². The van der Waals surface area contributed by atoms with E-state index in [0.717, 1.165) is 11.0 Å². The predicted octanol–water partition coefficient (Wildman–Crippen LogP) is 1.80. The number of ether oxygens (including phenoxy) is 1. The van der Waals surface area contributed by atoms with Crippen LogP contribution in [-0.4, -0.2) is 24.1 Å². The molecule has 0 radical (unpaired) electrons. The van der Waals surface area contributed by atoms with Gasteiger partial charge in [0.25, 0.3) is 0 Å². The normalized spacial score (nSPS) is 12.4. The van der Waals surface area contributed by atoms with Crippen molar-refractivity contribution in [2.45, 2.75) is 13.0 Å². The minimum atomic E-state index is -0.446. The van der Waals surface area contributed by atoms with E-state index >= 15 is 0 Å². The lowest BCUT2D eigenvalue weighted by molar-refractivity contribution is -0.141. The number of hydrogen-bond donors (Lipinski definition) is 1. The van der Waals surface area contributed by atoms with E-state index in [1.54, 1.807) is 31.5 Å². The molecule has 5 nitrogen and oxygen atoms in total. The van der Waals surface area contributed by atoms with Crippen LogP contribution in [0.15, 0.2) is 29.0 Å². The molecule has 84 valence electrons. The average Bonchev–Trinajstić information content (AvgIpc) is 2.77. The maximum atomic E-state index is 11.3. The van der Waals surface area contributed by atoms with Gasteiger partial charge in [-0.05, 0) is 19.1 Å². The van der Waals surface area contributed by atoms with Crippen LogP contribution in [0.2, 0.25) is 0 Å². The zero-order valence-corrected chi connectivity index (χ0v) is 9.06. The van der Waals surface area contributed by atoms with E-state index in [2.05, 4.69) is 15.0 Å². The molecule has 5 heteroatoms. The Morgan fingerprint density at radius 1 is 1.56 bits per heavy atom. The second kappa shape index (κ2) is 4.22. The summed E-state index contributed by atoms with van der Waals surface area (Å²) in [4.78, 5) is 15.4. The number of nitrogens with one attached hydrogen (secondary N) is 1. The minimum Gasteiger partial charge on any atom is -0.467 e. The molecule has 2 aromatic rings. The van der Waals surface area contributed by atoms with Gasteiger partial charge in [-0.15, -0.1) is 0 Å². The average molecular weight is 220 g/mol. The predicted molar refractivity (Wildman–Crippen MR) is 59.1 cm³/mol. The summed E-state index contributed by atoms with van der Waals surface area (Å²) in [6, 6.07) is 3.12. The maximum Gasteiger partial charge on any atom is 0.328 e. The monoisotopic (exact) mass is 220 g/mol. The van der Waals surface area contributed by atoms with Gasteiger partial charge in [0, 0.05) is 6.20 Å². The Hall–Kier alpha value is -2.04. The van der Waals surface area contributed by atoms with Crippen LogP contribution in [-0.2, 0) is 9.53 Å². The Balaban J connectivity index is 2.27. The van der Waals surface area contributed by atoms with Crippen molar-refractivity contribution in [1.29, 1.82) is 0 Å². The third-order valence-corrected chi connectivity index (χ3v) is 2.29. The van der Waals surface area contributed by atoms with Gasteiger partial charge >= 0.3 is 5.97 Å². The molecular weight excluding hydrogens is 208 g/mol. The number of rotatable bonds is 3. The third-order valence-electron chi connectivity index (χ3n) is 2.29. The Kier molecular flexibility index (Phi) is 2.76. The summed E-state index contributed by atoms with van der Waals surface area (Å²) >= 11 is 0. The lowest BCUT2D eigenvalue weighted by Gasteiger charge is -2.12. The summed E-state index contributed by atoms with van der Waals surface area (Å²) in [5, 5.41) is 3.82. The molecule has 0 aliphatic heterocycles. The van der Waals surface area contributed by atoms with Crippen LogP contribution in [0.1, 0.15) is 6.92 Å². The van der Waals surface area contributed by atoms with Gasteiger partial charge in [-0.25, -0.2) is 9.78 Å². The van der Waals surface area contributed by atoms with Crippen LogP contribution in [0.4, 0.5) is 5.82 Å². The van der Waals surface area contributed by atoms with Crippen molar-refractivity contribution >= 4 is 22.8 Å². The molecule has 1 atom stereocenters. The number of methoxy groups -OCH3 is 1. The maximum absolute atomic E-state index is 11.3. The molecule has 1 unspecified atom stereocenters. The molecule has 16 heavy (non-hydrogen) atoms. The number of furan rings is 1. The Bertz CT molecular complexity index is 507. The van der Waals surface area contributed by atoms with E-state index < -0.39 is 6.04 Å². The second-order valence-electron chi connectivity index (χ2n) is 3.38. The molecule has 2 rings (SSSR count). The molecule has 2 aromatic heterocycles. The Labute approximate surface area is 92.4 Å². The Morgan fingerprint density at radius 2 is 2.38 bits per heavy atom. The lowest BCUT2D eigenvalue weighted by Crippen LogP contribution is -2.27. The highest BCUT2D eigenvalue weighted by Crippen LogP contribution is 2.22. The summed E-state index contributed by atoms with van der Waals surface area (Å²) in [5.74, 6) is 0.284. The highest BCUT2D eigenvalue weighted by atomic mass is 16.5. The first-order chi connectivity index (χ1) is 7.72. The molecule has 0 saturated carbocycles. The number of esters is 1. The summed E-state index contributed by atoms with van der Waals surface area (Å²) in [6.45, 7) is 1.71. The van der Waals surface area contributed by atoms with E-state index in [9.17, 15) is 4.79 Å². The second-order valence-corrected chi connectivity index (χ2v) is 3.38. The van der Waals surface area contributed by atoms with Crippen molar-refractivity contribution < 1.29 is 13.9 Å². The number of fused-ring (bicyclic) bond motifs is 1. The first-order valence-electron chi connectivity index (χ1n) is 4.89. The van der Waals surface area contributed by atoms with E-state index in [4.69, 9.17) is 4.42 Å². The highest BCUT2D eigenvalue weighted by Gasteiger charge is 2.14. The summed E-state index contributed by atoms with van der Waals surface area (Å²) < 4.78 is 9.86. The van der Waals surface area contributed by atoms with Crippen LogP contribution in [0.3, 0.4) is 0 Å². The molecule has 0 aliphatic rings. The zero-order chi connectivity index (χ0) is 11.5. The third kappa shape index (κ3) is 1.84. The SMILES string of the molecule is COC(=O)C(C)Nc1nccc2occc12. The van der Waals surface area contributed by atoms with Crippen LogP contribution in [0, 0.1) is 0 Å². The first-order valence-corrected chi connectivity index (χ1v) is 4.89. The largest absolute Gasteiger partial charge is 0.467 e. The van der Waals surface area contributed by atoms with Crippen molar-refractivity contribution in [3.05, 3.63) is 24.6 Å². The molecule has 0 bridgehead atoms. The smallest absolute Gasteiger partial charge is 0.328 e. The van der Waals surface area contributed by atoms with E-state index in [1.807, 2.05) is 0 Å². The van der Waals surface area contributed by atoms with Crippen LogP contribution < -0.4 is 5.32 Å². The molecule has 0 saturated heterocycles. The van der Waals surface area contributed by atoms with Crippen molar-refractivity contribution in [3.8, 4) is 0 Å². The fourth-order valence-corrected chi connectivity index (χ4v) is 1.45. The quantitative estimate of drug-likeness (QED) is 0.799. The van der Waals surface area contributed by atoms with Gasteiger partial charge in [0.15, 0.2) is 0 Å². The molecule has 0 aliphatic carbocycles. The minimum absolute atomic E-state index is 0.331. The summed E-state index contributed by atoms with van der Waals surface area (Å²) in [7, 11) is 1.35. The number of pyridine rings is 1. The molecule has 0 amide bonds. The Morgan fingerprint density at radius 3 is 3.12 bits per heavy atom. The van der Waals surface area contributed by atoms with E-state index in [1.165, 1.54) is 7.11 Å². The number of carbonyl (C=O) groups excluding carboxylic acids is 1. The molecule has 0 spiro atoms. The summed E-state index contributed by atoms with van der Waals surface area (Å²) in [5.41, 5.74) is 0.731. The fourth-order valence-electron chi connectivity index (χ4n) is 1.45. The molecule has 2 heterocycles. The van der Waals surface area contributed by atoms with Crippen molar-refractivity contribution in [1.82, 2.24) is 4.98 Å². The van der Waals surface area contributed by atoms with Crippen LogP contribution >= 0.6 is 0 Å². The van der Waals surface area contributed by atoms with Gasteiger partial charge in [0.05, 0.1) is 18.8 Å². The van der Waals surface area contributed by atoms with Gasteiger partial charge < -0.3 is 14.5 Å². The van der Waals surface area contributed by atoms with Crippen molar-refractivity contribution in [2.75, 3.05) is 12.4 Å².